The van der Waals surface area contributed by atoms with Gasteiger partial charge in [0.15, 0.2) is 4.87 Å². The second kappa shape index (κ2) is 9.54. The van der Waals surface area contributed by atoms with E-state index < -0.39 is 20.9 Å². The summed E-state index contributed by atoms with van der Waals surface area (Å²) in [6, 6.07) is 31.4. The maximum Gasteiger partial charge on any atom is 0.255 e. The lowest BCUT2D eigenvalue weighted by Gasteiger charge is -2.32. The average Bonchev–Trinajstić information content (AvgIpc) is 3.11. The molecule has 0 aliphatic carbocycles. The molecule has 0 bridgehead atoms. The van der Waals surface area contributed by atoms with E-state index >= 15 is 0 Å². The minimum Gasteiger partial charge on any atom is -0.306 e. The van der Waals surface area contributed by atoms with Gasteiger partial charge in [0.25, 0.3) is 5.91 Å². The Morgan fingerprint density at radius 2 is 1.42 bits per heavy atom. The highest BCUT2D eigenvalue weighted by atomic mass is 35.5. The second-order valence-corrected chi connectivity index (χ2v) is 11.2. The Hall–Kier alpha value is -3.45. The number of para-hydroxylation sites is 1. The van der Waals surface area contributed by atoms with Gasteiger partial charge in [-0.1, -0.05) is 96.6 Å². The van der Waals surface area contributed by atoms with Crippen molar-refractivity contribution in [3.63, 3.8) is 0 Å². The van der Waals surface area contributed by atoms with E-state index in [1.807, 2.05) is 61.5 Å². The summed E-state index contributed by atoms with van der Waals surface area (Å²) in [4.78, 5) is 14.2. The zero-order valence-corrected chi connectivity index (χ0v) is 21.2. The van der Waals surface area contributed by atoms with Crippen LogP contribution in [0.4, 0.5) is 5.69 Å². The van der Waals surface area contributed by atoms with Crippen molar-refractivity contribution in [3.8, 4) is 0 Å². The van der Waals surface area contributed by atoms with Crippen molar-refractivity contribution in [3.05, 3.63) is 131 Å². The van der Waals surface area contributed by atoms with E-state index in [2.05, 4.69) is 4.72 Å². The fourth-order valence-electron chi connectivity index (χ4n) is 4.60. The molecule has 1 heterocycles. The third-order valence-corrected chi connectivity index (χ3v) is 8.48. The Bertz CT molecular complexity index is 1490. The van der Waals surface area contributed by atoms with Crippen molar-refractivity contribution in [1.29, 1.82) is 0 Å². The number of alkyl halides is 1. The summed E-state index contributed by atoms with van der Waals surface area (Å²) >= 11 is 7.31. The predicted octanol–water partition coefficient (Wildman–Crippen LogP) is 5.70. The number of nitrogens with zero attached hydrogens (tertiary/aromatic N) is 1. The standard InChI is InChI=1S/C29H25ClN2O3S/c1-21-16-18-24(19-17-21)36(34,35)31-27(23-12-6-3-7-13-23)29(30)25-14-8-9-15-26(25)32(28(29)33)20-22-10-4-2-5-11-22/h2-19,27,31H,20H2,1H3/t27-,29-/m1/s1. The van der Waals surface area contributed by atoms with E-state index in [-0.39, 0.29) is 10.8 Å². The van der Waals surface area contributed by atoms with Crippen LogP contribution in [0, 0.1) is 6.92 Å². The first-order chi connectivity index (χ1) is 17.3. The van der Waals surface area contributed by atoms with Crippen molar-refractivity contribution < 1.29 is 13.2 Å². The van der Waals surface area contributed by atoms with Crippen LogP contribution in [0.3, 0.4) is 0 Å². The van der Waals surface area contributed by atoms with Crippen LogP contribution in [-0.4, -0.2) is 14.3 Å². The average molecular weight is 517 g/mol. The minimum absolute atomic E-state index is 0.106. The molecule has 0 unspecified atom stereocenters. The first-order valence-corrected chi connectivity index (χ1v) is 13.4. The molecule has 1 aliphatic rings. The summed E-state index contributed by atoms with van der Waals surface area (Å²) in [6.07, 6.45) is 0. The molecule has 0 radical (unpaired) electrons. The van der Waals surface area contributed by atoms with E-state index in [4.69, 9.17) is 11.6 Å². The molecule has 4 aromatic carbocycles. The molecule has 1 amide bonds. The molecule has 7 heteroatoms. The third-order valence-electron chi connectivity index (χ3n) is 6.46. The molecule has 2 atom stereocenters. The Labute approximate surface area is 216 Å². The van der Waals surface area contributed by atoms with Gasteiger partial charge in [-0.2, -0.15) is 0 Å². The van der Waals surface area contributed by atoms with Crippen LogP contribution >= 0.6 is 11.6 Å². The summed E-state index contributed by atoms with van der Waals surface area (Å²) < 4.78 is 29.8. The molecule has 4 aromatic rings. The van der Waals surface area contributed by atoms with Gasteiger partial charge < -0.3 is 4.90 Å². The lowest BCUT2D eigenvalue weighted by atomic mass is 9.87. The molecule has 0 saturated heterocycles. The summed E-state index contributed by atoms with van der Waals surface area (Å²) in [5.41, 5.74) is 3.70. The number of hydrogen-bond acceptors (Lipinski definition) is 3. The van der Waals surface area contributed by atoms with Crippen LogP contribution in [0.25, 0.3) is 0 Å². The van der Waals surface area contributed by atoms with Crippen LogP contribution < -0.4 is 9.62 Å². The zero-order chi connectivity index (χ0) is 25.3. The molecule has 0 saturated carbocycles. The topological polar surface area (TPSA) is 66.5 Å². The van der Waals surface area contributed by atoms with Gasteiger partial charge in [0.2, 0.25) is 10.0 Å². The number of benzene rings is 4. The minimum atomic E-state index is -4.01. The molecule has 36 heavy (non-hydrogen) atoms. The number of hydrogen-bond donors (Lipinski definition) is 1. The number of amides is 1. The number of rotatable bonds is 7. The van der Waals surface area contributed by atoms with Gasteiger partial charge in [0.1, 0.15) is 0 Å². The highest BCUT2D eigenvalue weighted by molar-refractivity contribution is 7.89. The maximum atomic E-state index is 14.1. The number of halogens is 1. The summed E-state index contributed by atoms with van der Waals surface area (Å²) in [5.74, 6) is -0.380. The normalized spacial score (nSPS) is 18.2. The third kappa shape index (κ3) is 4.32. The van der Waals surface area contributed by atoms with Crippen LogP contribution in [0.2, 0.25) is 0 Å². The first-order valence-electron chi connectivity index (χ1n) is 11.6. The molecule has 1 aliphatic heterocycles. The molecule has 1 N–H and O–H groups in total. The molecule has 182 valence electrons. The molecule has 5 nitrogen and oxygen atoms in total. The lowest BCUT2D eigenvalue weighted by molar-refractivity contribution is -0.121. The summed E-state index contributed by atoms with van der Waals surface area (Å²) in [7, 11) is -4.01. The number of carbonyl (C=O) groups is 1. The van der Waals surface area contributed by atoms with E-state index in [9.17, 15) is 13.2 Å². The van der Waals surface area contributed by atoms with Crippen LogP contribution in [0.5, 0.6) is 0 Å². The van der Waals surface area contributed by atoms with Gasteiger partial charge >= 0.3 is 0 Å². The Balaban J connectivity index is 1.62. The second-order valence-electron chi connectivity index (χ2n) is 8.88. The summed E-state index contributed by atoms with van der Waals surface area (Å²) in [6.45, 7) is 2.21. The lowest BCUT2D eigenvalue weighted by Crippen LogP contribution is -2.47. The Kier molecular flexibility index (Phi) is 6.43. The van der Waals surface area contributed by atoms with Gasteiger partial charge in [0, 0.05) is 11.3 Å². The van der Waals surface area contributed by atoms with Gasteiger partial charge in [0.05, 0.1) is 17.5 Å². The quantitative estimate of drug-likeness (QED) is 0.321. The molecule has 0 aromatic heterocycles. The fraction of sp³-hybridized carbons (Fsp3) is 0.138. The molecule has 0 fully saturated rings. The Morgan fingerprint density at radius 3 is 2.08 bits per heavy atom. The van der Waals surface area contributed by atoms with Crippen LogP contribution in [0.1, 0.15) is 28.3 Å². The van der Waals surface area contributed by atoms with E-state index in [1.54, 1.807) is 59.5 Å². The van der Waals surface area contributed by atoms with Crippen LogP contribution in [-0.2, 0) is 26.2 Å². The van der Waals surface area contributed by atoms with Crippen LogP contribution in [0.15, 0.2) is 114 Å². The highest BCUT2D eigenvalue weighted by Gasteiger charge is 2.56. The number of aryl methyl sites for hydroxylation is 1. The van der Waals surface area contributed by atoms with Crippen molar-refractivity contribution in [2.45, 2.75) is 29.3 Å². The zero-order valence-electron chi connectivity index (χ0n) is 19.6. The van der Waals surface area contributed by atoms with Gasteiger partial charge in [-0.05, 0) is 36.2 Å². The van der Waals surface area contributed by atoms with Crippen molar-refractivity contribution in [2.24, 2.45) is 0 Å². The number of fused-ring (bicyclic) bond motifs is 1. The maximum absolute atomic E-state index is 14.1. The number of anilines is 1. The molecule has 0 spiro atoms. The number of carbonyl (C=O) groups excluding carboxylic acids is 1. The van der Waals surface area contributed by atoms with Crippen molar-refractivity contribution in [2.75, 3.05) is 4.90 Å². The number of nitrogens with one attached hydrogen (secondary N) is 1. The van der Waals surface area contributed by atoms with Gasteiger partial charge in [-0.25, -0.2) is 13.1 Å². The smallest absolute Gasteiger partial charge is 0.255 e. The van der Waals surface area contributed by atoms with E-state index in [0.29, 0.717) is 23.4 Å². The summed E-state index contributed by atoms with van der Waals surface area (Å²) in [5, 5.41) is 0. The van der Waals surface area contributed by atoms with Gasteiger partial charge in [-0.15, -0.1) is 11.6 Å². The molecular weight excluding hydrogens is 492 g/mol. The molecule has 5 rings (SSSR count). The van der Waals surface area contributed by atoms with Crippen molar-refractivity contribution in [1.82, 2.24) is 4.72 Å². The Morgan fingerprint density at radius 1 is 0.833 bits per heavy atom. The number of sulfonamides is 1. The van der Waals surface area contributed by atoms with E-state index in [0.717, 1.165) is 11.1 Å². The monoisotopic (exact) mass is 516 g/mol. The first kappa shape index (κ1) is 24.3. The predicted molar refractivity (Wildman–Crippen MR) is 142 cm³/mol. The van der Waals surface area contributed by atoms with Crippen molar-refractivity contribution >= 4 is 33.2 Å². The highest BCUT2D eigenvalue weighted by Crippen LogP contribution is 2.52. The SMILES string of the molecule is Cc1ccc(S(=O)(=O)N[C@H](c2ccccc2)[C@@]2(Cl)C(=O)N(Cc3ccccc3)c3ccccc32)cc1. The van der Waals surface area contributed by atoms with Gasteiger partial charge in [-0.3, -0.25) is 4.79 Å². The van der Waals surface area contributed by atoms with E-state index in [1.165, 1.54) is 0 Å². The molecular formula is C29H25ClN2O3S. The fourth-order valence-corrected chi connectivity index (χ4v) is 6.37. The largest absolute Gasteiger partial charge is 0.306 e.